The van der Waals surface area contributed by atoms with Gasteiger partial charge in [0.15, 0.2) is 5.82 Å². The number of amides is 2. The molecule has 0 bridgehead atoms. The summed E-state index contributed by atoms with van der Waals surface area (Å²) in [6.07, 6.45) is 3.15. The van der Waals surface area contributed by atoms with Gasteiger partial charge in [-0.05, 0) is 37.0 Å². The Morgan fingerprint density at radius 3 is 2.47 bits per heavy atom. The van der Waals surface area contributed by atoms with Crippen molar-refractivity contribution in [1.82, 2.24) is 19.8 Å². The summed E-state index contributed by atoms with van der Waals surface area (Å²) in [5, 5.41) is 0. The number of anilines is 1. The third-order valence-corrected chi connectivity index (χ3v) is 5.81. The van der Waals surface area contributed by atoms with E-state index in [4.69, 9.17) is 14.7 Å². The van der Waals surface area contributed by atoms with Crippen molar-refractivity contribution in [2.75, 3.05) is 39.7 Å². The minimum absolute atomic E-state index is 0.0227. The summed E-state index contributed by atoms with van der Waals surface area (Å²) in [6, 6.07) is 9.32. The van der Waals surface area contributed by atoms with Crippen molar-refractivity contribution in [3.8, 4) is 5.75 Å². The zero-order chi connectivity index (χ0) is 23.3. The molecule has 2 heterocycles. The molecule has 2 aromatic rings. The van der Waals surface area contributed by atoms with Crippen molar-refractivity contribution in [1.29, 1.82) is 0 Å². The molecule has 1 aliphatic rings. The van der Waals surface area contributed by atoms with E-state index in [1.54, 1.807) is 19.1 Å². The van der Waals surface area contributed by atoms with Crippen molar-refractivity contribution in [3.63, 3.8) is 0 Å². The van der Waals surface area contributed by atoms with Gasteiger partial charge in [-0.1, -0.05) is 12.1 Å². The maximum absolute atomic E-state index is 13.3. The van der Waals surface area contributed by atoms with Gasteiger partial charge in [0.05, 0.1) is 31.8 Å². The summed E-state index contributed by atoms with van der Waals surface area (Å²) in [5.41, 5.74) is 1.72. The minimum Gasteiger partial charge on any atom is -0.497 e. The lowest BCUT2D eigenvalue weighted by atomic mass is 9.99. The molecule has 1 aromatic heterocycles. The van der Waals surface area contributed by atoms with Crippen LogP contribution in [0.15, 0.2) is 30.3 Å². The quantitative estimate of drug-likeness (QED) is 0.660. The molecule has 1 aliphatic heterocycles. The Hall–Kier alpha value is -3.16. The Labute approximate surface area is 190 Å². The first-order valence-corrected chi connectivity index (χ1v) is 11.0. The van der Waals surface area contributed by atoms with Gasteiger partial charge in [-0.15, -0.1) is 0 Å². The van der Waals surface area contributed by atoms with E-state index in [1.807, 2.05) is 54.2 Å². The minimum atomic E-state index is -0.171. The first kappa shape index (κ1) is 23.5. The molecule has 0 spiro atoms. The van der Waals surface area contributed by atoms with Crippen LogP contribution >= 0.6 is 0 Å². The first-order chi connectivity index (χ1) is 15.3. The highest BCUT2D eigenvalue weighted by atomic mass is 16.5. The van der Waals surface area contributed by atoms with Gasteiger partial charge in [-0.25, -0.2) is 9.97 Å². The van der Waals surface area contributed by atoms with Crippen LogP contribution in [0.25, 0.3) is 0 Å². The number of likely N-dealkylation sites (tertiary alicyclic amines) is 1. The lowest BCUT2D eigenvalue weighted by Crippen LogP contribution is -2.40. The number of methoxy groups -OCH3 is 1. The van der Waals surface area contributed by atoms with E-state index >= 15 is 0 Å². The molecule has 0 radical (unpaired) electrons. The number of benzene rings is 1. The lowest BCUT2D eigenvalue weighted by molar-refractivity contribution is -0.134. The maximum atomic E-state index is 13.3. The molecule has 1 unspecified atom stereocenters. The number of carbonyl (C=O) groups is 2. The Morgan fingerprint density at radius 1 is 1.12 bits per heavy atom. The number of ether oxygens (including phenoxy) is 1. The SMILES string of the molecule is COc1ccc(CC(=O)N2CCCCC2c2nc(CN(C)C(C)=O)cc(N(C)C)n2)cc1. The third-order valence-electron chi connectivity index (χ3n) is 5.81. The van der Waals surface area contributed by atoms with Crippen LogP contribution in [-0.2, 0) is 22.6 Å². The maximum Gasteiger partial charge on any atom is 0.227 e. The van der Waals surface area contributed by atoms with E-state index in [2.05, 4.69) is 0 Å². The Balaban J connectivity index is 1.86. The highest BCUT2D eigenvalue weighted by Gasteiger charge is 2.30. The van der Waals surface area contributed by atoms with Crippen LogP contribution in [0.1, 0.15) is 49.3 Å². The van der Waals surface area contributed by atoms with Crippen LogP contribution in [0.3, 0.4) is 0 Å². The molecule has 0 N–H and O–H groups in total. The van der Waals surface area contributed by atoms with Crippen molar-refractivity contribution >= 4 is 17.6 Å². The van der Waals surface area contributed by atoms with Gasteiger partial charge in [-0.3, -0.25) is 9.59 Å². The number of nitrogens with zero attached hydrogens (tertiary/aromatic N) is 5. The number of piperidine rings is 1. The van der Waals surface area contributed by atoms with E-state index in [1.165, 1.54) is 6.92 Å². The summed E-state index contributed by atoms with van der Waals surface area (Å²) in [7, 11) is 7.24. The zero-order valence-electron chi connectivity index (χ0n) is 19.7. The average molecular weight is 440 g/mol. The van der Waals surface area contributed by atoms with E-state index in [9.17, 15) is 9.59 Å². The highest BCUT2D eigenvalue weighted by Crippen LogP contribution is 2.31. The van der Waals surface area contributed by atoms with Crippen LogP contribution in [0.2, 0.25) is 0 Å². The van der Waals surface area contributed by atoms with Gasteiger partial charge in [0.1, 0.15) is 11.6 Å². The molecule has 1 aromatic carbocycles. The molecule has 8 nitrogen and oxygen atoms in total. The molecule has 8 heteroatoms. The molecule has 3 rings (SSSR count). The summed E-state index contributed by atoms with van der Waals surface area (Å²) < 4.78 is 5.21. The van der Waals surface area contributed by atoms with Crippen molar-refractivity contribution in [2.24, 2.45) is 0 Å². The molecular formula is C24H33N5O3. The second-order valence-corrected chi connectivity index (χ2v) is 8.47. The standard InChI is InChI=1S/C24H33N5O3/c1-17(30)28(4)16-19-15-22(27(2)3)26-24(25-19)21-8-6-7-13-29(21)23(31)14-18-9-11-20(32-5)12-10-18/h9-12,15,21H,6-8,13-14,16H2,1-5H3. The van der Waals surface area contributed by atoms with Crippen LogP contribution in [0, 0.1) is 0 Å². The van der Waals surface area contributed by atoms with Gasteiger partial charge >= 0.3 is 0 Å². The van der Waals surface area contributed by atoms with Gasteiger partial charge in [0.2, 0.25) is 11.8 Å². The van der Waals surface area contributed by atoms with Crippen LogP contribution in [-0.4, -0.2) is 66.4 Å². The molecule has 172 valence electrons. The molecular weight excluding hydrogens is 406 g/mol. The Kier molecular flexibility index (Phi) is 7.66. The Bertz CT molecular complexity index is 945. The predicted octanol–water partition coefficient (Wildman–Crippen LogP) is 2.83. The van der Waals surface area contributed by atoms with E-state index in [0.717, 1.165) is 42.1 Å². The number of rotatable bonds is 7. The van der Waals surface area contributed by atoms with Gasteiger partial charge in [0.25, 0.3) is 0 Å². The third kappa shape index (κ3) is 5.75. The fourth-order valence-corrected chi connectivity index (χ4v) is 3.83. The highest BCUT2D eigenvalue weighted by molar-refractivity contribution is 5.79. The summed E-state index contributed by atoms with van der Waals surface area (Å²) >= 11 is 0. The smallest absolute Gasteiger partial charge is 0.227 e. The van der Waals surface area contributed by atoms with Gasteiger partial charge in [0, 0.05) is 40.7 Å². The second-order valence-electron chi connectivity index (χ2n) is 8.47. The summed E-state index contributed by atoms with van der Waals surface area (Å²) in [4.78, 5) is 40.0. The van der Waals surface area contributed by atoms with Crippen molar-refractivity contribution in [2.45, 2.75) is 45.2 Å². The number of hydrogen-bond donors (Lipinski definition) is 0. The fraction of sp³-hybridized carbons (Fsp3) is 0.500. The van der Waals surface area contributed by atoms with Crippen LogP contribution in [0.4, 0.5) is 5.82 Å². The normalized spacial score (nSPS) is 15.9. The average Bonchev–Trinajstić information content (AvgIpc) is 2.79. The first-order valence-electron chi connectivity index (χ1n) is 11.0. The number of carbonyl (C=O) groups excluding carboxylic acids is 2. The Morgan fingerprint density at radius 2 is 1.84 bits per heavy atom. The van der Waals surface area contributed by atoms with Crippen molar-refractivity contribution in [3.05, 3.63) is 47.4 Å². The summed E-state index contributed by atoms with van der Waals surface area (Å²) in [6.45, 7) is 2.63. The van der Waals surface area contributed by atoms with E-state index < -0.39 is 0 Å². The molecule has 32 heavy (non-hydrogen) atoms. The molecule has 2 amide bonds. The van der Waals surface area contributed by atoms with E-state index in [0.29, 0.717) is 25.3 Å². The molecule has 0 saturated carbocycles. The lowest BCUT2D eigenvalue weighted by Gasteiger charge is -2.35. The number of aromatic nitrogens is 2. The van der Waals surface area contributed by atoms with E-state index in [-0.39, 0.29) is 17.9 Å². The van der Waals surface area contributed by atoms with Gasteiger partial charge in [-0.2, -0.15) is 0 Å². The molecule has 0 aliphatic carbocycles. The summed E-state index contributed by atoms with van der Waals surface area (Å²) in [5.74, 6) is 2.24. The van der Waals surface area contributed by atoms with Crippen molar-refractivity contribution < 1.29 is 14.3 Å². The largest absolute Gasteiger partial charge is 0.497 e. The van der Waals surface area contributed by atoms with Crippen LogP contribution < -0.4 is 9.64 Å². The molecule has 1 fully saturated rings. The van der Waals surface area contributed by atoms with Crippen LogP contribution in [0.5, 0.6) is 5.75 Å². The number of hydrogen-bond acceptors (Lipinski definition) is 6. The topological polar surface area (TPSA) is 78.9 Å². The predicted molar refractivity (Wildman–Crippen MR) is 124 cm³/mol. The molecule has 1 saturated heterocycles. The van der Waals surface area contributed by atoms with Gasteiger partial charge < -0.3 is 19.4 Å². The fourth-order valence-electron chi connectivity index (χ4n) is 3.83. The monoisotopic (exact) mass is 439 g/mol. The molecule has 1 atom stereocenters. The second kappa shape index (κ2) is 10.4. The zero-order valence-corrected chi connectivity index (χ0v) is 19.7.